The van der Waals surface area contributed by atoms with Gasteiger partial charge in [-0.3, -0.25) is 4.79 Å². The molecule has 0 atom stereocenters. The van der Waals surface area contributed by atoms with E-state index in [1.165, 1.54) is 28.5 Å². The van der Waals surface area contributed by atoms with E-state index >= 15 is 0 Å². The highest BCUT2D eigenvalue weighted by molar-refractivity contribution is 7.89. The third kappa shape index (κ3) is 5.29. The van der Waals surface area contributed by atoms with Crippen molar-refractivity contribution in [1.82, 2.24) is 9.21 Å². The Labute approximate surface area is 174 Å². The summed E-state index contributed by atoms with van der Waals surface area (Å²) in [6.45, 7) is 5.46. The number of likely N-dealkylation sites (N-methyl/N-ethyl adjacent to an activating group) is 1. The van der Waals surface area contributed by atoms with Gasteiger partial charge in [-0.25, -0.2) is 8.42 Å². The van der Waals surface area contributed by atoms with Gasteiger partial charge in [0.1, 0.15) is 5.75 Å². The van der Waals surface area contributed by atoms with Crippen molar-refractivity contribution in [2.45, 2.75) is 50.0 Å². The van der Waals surface area contributed by atoms with Crippen molar-refractivity contribution in [3.8, 4) is 5.75 Å². The summed E-state index contributed by atoms with van der Waals surface area (Å²) in [7, 11) is -1.95. The first-order valence-corrected chi connectivity index (χ1v) is 12.2. The number of sulfonamides is 1. The lowest BCUT2D eigenvalue weighted by atomic mass is 9.94. The second-order valence-corrected chi connectivity index (χ2v) is 9.92. The molecule has 0 aromatic heterocycles. The number of hydrogen-bond acceptors (Lipinski definition) is 4. The van der Waals surface area contributed by atoms with Gasteiger partial charge in [-0.1, -0.05) is 19.3 Å². The zero-order valence-corrected chi connectivity index (χ0v) is 18.4. The topological polar surface area (TPSA) is 71.4 Å². The molecular weight excluding hydrogens is 390 g/mol. The van der Waals surface area contributed by atoms with Crippen LogP contribution >= 0.6 is 0 Å². The van der Waals surface area contributed by atoms with Crippen molar-refractivity contribution < 1.29 is 22.8 Å². The molecule has 1 aromatic rings. The van der Waals surface area contributed by atoms with Gasteiger partial charge < -0.3 is 14.5 Å². The molecule has 1 N–H and O–H groups in total. The number of rotatable bonds is 7. The molecule has 1 aliphatic heterocycles. The fourth-order valence-electron chi connectivity index (χ4n) is 4.46. The molecule has 1 saturated carbocycles. The van der Waals surface area contributed by atoms with E-state index in [-0.39, 0.29) is 10.8 Å². The average Bonchev–Trinajstić information content (AvgIpc) is 2.75. The molecule has 2 aliphatic rings. The van der Waals surface area contributed by atoms with Crippen LogP contribution < -0.4 is 9.64 Å². The normalized spacial score (nSPS) is 19.8. The van der Waals surface area contributed by atoms with Gasteiger partial charge >= 0.3 is 0 Å². The third-order valence-corrected chi connectivity index (χ3v) is 8.12. The number of hydrogen-bond donors (Lipinski definition) is 1. The quantitative estimate of drug-likeness (QED) is 0.702. The van der Waals surface area contributed by atoms with E-state index in [1.807, 2.05) is 4.90 Å². The summed E-state index contributed by atoms with van der Waals surface area (Å²) in [4.78, 5) is 16.4. The second kappa shape index (κ2) is 9.91. The SMILES string of the molecule is CCN(C(=O)C[NH+]1CCN(S(=O)(=O)c2ccc(OC)cc2)CC1)C1CCCCC1. The number of quaternary nitrogens is 1. The minimum Gasteiger partial charge on any atom is -0.497 e. The molecular formula is C21H34N3O4S+. The van der Waals surface area contributed by atoms with Crippen LogP contribution in [0.15, 0.2) is 29.2 Å². The monoisotopic (exact) mass is 424 g/mol. The molecule has 3 rings (SSSR count). The van der Waals surface area contributed by atoms with Gasteiger partial charge in [0.05, 0.1) is 38.2 Å². The first-order valence-electron chi connectivity index (χ1n) is 10.7. The Hall–Kier alpha value is -1.64. The minimum absolute atomic E-state index is 0.209. The van der Waals surface area contributed by atoms with Gasteiger partial charge in [0.15, 0.2) is 6.54 Å². The molecule has 7 nitrogen and oxygen atoms in total. The van der Waals surface area contributed by atoms with E-state index in [1.54, 1.807) is 31.4 Å². The Morgan fingerprint density at radius 3 is 2.31 bits per heavy atom. The zero-order valence-electron chi connectivity index (χ0n) is 17.6. The summed E-state index contributed by atoms with van der Waals surface area (Å²) in [5.41, 5.74) is 0. The number of amides is 1. The zero-order chi connectivity index (χ0) is 20.9. The predicted molar refractivity (Wildman–Crippen MR) is 112 cm³/mol. The molecule has 1 amide bonds. The van der Waals surface area contributed by atoms with Gasteiger partial charge in [0.2, 0.25) is 10.0 Å². The van der Waals surface area contributed by atoms with Gasteiger partial charge in [0.25, 0.3) is 5.91 Å². The van der Waals surface area contributed by atoms with Crippen LogP contribution in [-0.2, 0) is 14.8 Å². The summed E-state index contributed by atoms with van der Waals surface area (Å²) in [6, 6.07) is 6.88. The van der Waals surface area contributed by atoms with Crippen LogP contribution in [-0.4, -0.2) is 76.0 Å². The first-order chi connectivity index (χ1) is 14.0. The maximum Gasteiger partial charge on any atom is 0.277 e. The van der Waals surface area contributed by atoms with E-state index in [9.17, 15) is 13.2 Å². The van der Waals surface area contributed by atoms with Gasteiger partial charge in [-0.15, -0.1) is 0 Å². The lowest BCUT2D eigenvalue weighted by molar-refractivity contribution is -0.896. The maximum absolute atomic E-state index is 12.9. The summed E-state index contributed by atoms with van der Waals surface area (Å²) in [6.07, 6.45) is 5.93. The standard InChI is InChI=1S/C21H33N3O4S/c1-3-24(18-7-5-4-6-8-18)21(25)17-22-13-15-23(16-14-22)29(26,27)20-11-9-19(28-2)10-12-20/h9-12,18H,3-8,13-17H2,1-2H3/p+1. The minimum atomic E-state index is -3.51. The summed E-state index contributed by atoms with van der Waals surface area (Å²) in [5, 5.41) is 0. The Morgan fingerprint density at radius 2 is 1.76 bits per heavy atom. The van der Waals surface area contributed by atoms with Gasteiger partial charge in [-0.2, -0.15) is 4.31 Å². The van der Waals surface area contributed by atoms with Crippen LogP contribution in [0, 0.1) is 0 Å². The molecule has 29 heavy (non-hydrogen) atoms. The lowest BCUT2D eigenvalue weighted by Gasteiger charge is -2.36. The number of nitrogens with zero attached hydrogens (tertiary/aromatic N) is 2. The van der Waals surface area contributed by atoms with Crippen LogP contribution in [0.2, 0.25) is 0 Å². The molecule has 0 spiro atoms. The fourth-order valence-corrected chi connectivity index (χ4v) is 5.90. The lowest BCUT2D eigenvalue weighted by Crippen LogP contribution is -3.15. The van der Waals surface area contributed by atoms with E-state index in [0.717, 1.165) is 19.4 Å². The fraction of sp³-hybridized carbons (Fsp3) is 0.667. The Kier molecular flexibility index (Phi) is 7.54. The molecule has 1 aromatic carbocycles. The van der Waals surface area contributed by atoms with Crippen molar-refractivity contribution in [2.24, 2.45) is 0 Å². The van der Waals surface area contributed by atoms with E-state index in [2.05, 4.69) is 6.92 Å². The largest absolute Gasteiger partial charge is 0.497 e. The van der Waals surface area contributed by atoms with Gasteiger partial charge in [0, 0.05) is 12.6 Å². The highest BCUT2D eigenvalue weighted by atomic mass is 32.2. The van der Waals surface area contributed by atoms with Crippen LogP contribution in [0.3, 0.4) is 0 Å². The number of benzene rings is 1. The summed E-state index contributed by atoms with van der Waals surface area (Å²) < 4.78 is 32.4. The molecule has 0 unspecified atom stereocenters. The number of nitrogens with one attached hydrogen (secondary N) is 1. The molecule has 8 heteroatoms. The third-order valence-electron chi connectivity index (χ3n) is 6.20. The van der Waals surface area contributed by atoms with Crippen molar-refractivity contribution in [3.63, 3.8) is 0 Å². The Bertz CT molecular complexity index is 768. The average molecular weight is 425 g/mol. The van der Waals surface area contributed by atoms with E-state index in [0.29, 0.717) is 44.5 Å². The highest BCUT2D eigenvalue weighted by Gasteiger charge is 2.33. The van der Waals surface area contributed by atoms with Crippen molar-refractivity contribution in [1.29, 1.82) is 0 Å². The predicted octanol–water partition coefficient (Wildman–Crippen LogP) is 0.766. The molecule has 1 aliphatic carbocycles. The molecule has 1 saturated heterocycles. The van der Waals surface area contributed by atoms with Crippen LogP contribution in [0.5, 0.6) is 5.75 Å². The van der Waals surface area contributed by atoms with Crippen molar-refractivity contribution in [3.05, 3.63) is 24.3 Å². The summed E-state index contributed by atoms with van der Waals surface area (Å²) in [5.74, 6) is 0.844. The Morgan fingerprint density at radius 1 is 1.14 bits per heavy atom. The van der Waals surface area contributed by atoms with Gasteiger partial charge in [-0.05, 0) is 44.0 Å². The Balaban J connectivity index is 1.54. The number of methoxy groups -OCH3 is 1. The second-order valence-electron chi connectivity index (χ2n) is 7.98. The molecule has 0 radical (unpaired) electrons. The number of ether oxygens (including phenoxy) is 1. The maximum atomic E-state index is 12.9. The van der Waals surface area contributed by atoms with E-state index < -0.39 is 10.0 Å². The van der Waals surface area contributed by atoms with Crippen LogP contribution in [0.1, 0.15) is 39.0 Å². The van der Waals surface area contributed by atoms with Crippen LogP contribution in [0.25, 0.3) is 0 Å². The first kappa shape index (κ1) is 22.1. The van der Waals surface area contributed by atoms with Crippen LogP contribution in [0.4, 0.5) is 0 Å². The van der Waals surface area contributed by atoms with Crippen molar-refractivity contribution >= 4 is 15.9 Å². The molecule has 0 bridgehead atoms. The molecule has 2 fully saturated rings. The number of carbonyl (C=O) groups excluding carboxylic acids is 1. The van der Waals surface area contributed by atoms with E-state index in [4.69, 9.17) is 4.74 Å². The number of piperazine rings is 1. The molecule has 162 valence electrons. The molecule has 1 heterocycles. The highest BCUT2D eigenvalue weighted by Crippen LogP contribution is 2.22. The smallest absolute Gasteiger partial charge is 0.277 e. The number of carbonyl (C=O) groups is 1. The van der Waals surface area contributed by atoms with Crippen molar-refractivity contribution in [2.75, 3.05) is 46.4 Å². The summed E-state index contributed by atoms with van der Waals surface area (Å²) >= 11 is 0.